The van der Waals surface area contributed by atoms with Gasteiger partial charge in [-0.15, -0.1) is 0 Å². The van der Waals surface area contributed by atoms with E-state index in [1.807, 2.05) is 0 Å². The Balaban J connectivity index is 2.36. The van der Waals surface area contributed by atoms with Crippen molar-refractivity contribution in [3.8, 4) is 0 Å². The molecule has 0 radical (unpaired) electrons. The van der Waals surface area contributed by atoms with E-state index in [0.717, 1.165) is 19.5 Å². The number of hydrogen-bond acceptors (Lipinski definition) is 3. The Morgan fingerprint density at radius 1 is 1.46 bits per heavy atom. The molecule has 3 heteroatoms. The molecule has 0 bridgehead atoms. The first-order valence-corrected chi connectivity index (χ1v) is 5.12. The lowest BCUT2D eigenvalue weighted by Crippen LogP contribution is -2.47. The second-order valence-electron chi connectivity index (χ2n) is 4.50. The van der Waals surface area contributed by atoms with Crippen molar-refractivity contribution in [3.63, 3.8) is 0 Å². The van der Waals surface area contributed by atoms with Gasteiger partial charge in [0.05, 0.1) is 0 Å². The van der Waals surface area contributed by atoms with Gasteiger partial charge in [-0.2, -0.15) is 0 Å². The summed E-state index contributed by atoms with van der Waals surface area (Å²) in [5.74, 6) is 1.14. The van der Waals surface area contributed by atoms with Gasteiger partial charge >= 0.3 is 0 Å². The molecule has 1 saturated heterocycles. The highest BCUT2D eigenvalue weighted by atomic mass is 16.3. The van der Waals surface area contributed by atoms with Gasteiger partial charge in [0, 0.05) is 19.2 Å². The van der Waals surface area contributed by atoms with E-state index in [1.54, 1.807) is 0 Å². The molecule has 0 aromatic rings. The highest BCUT2D eigenvalue weighted by Gasteiger charge is 2.26. The van der Waals surface area contributed by atoms with E-state index in [-0.39, 0.29) is 0 Å². The molecule has 1 heterocycles. The maximum Gasteiger partial charge on any atom is 0.0474 e. The first kappa shape index (κ1) is 11.0. The third-order valence-electron chi connectivity index (χ3n) is 2.93. The smallest absolute Gasteiger partial charge is 0.0474 e. The lowest BCUT2D eigenvalue weighted by atomic mass is 9.85. The Morgan fingerprint density at radius 3 is 2.69 bits per heavy atom. The zero-order valence-electron chi connectivity index (χ0n) is 8.95. The molecule has 0 aromatic heterocycles. The van der Waals surface area contributed by atoms with Gasteiger partial charge in [-0.3, -0.25) is 0 Å². The summed E-state index contributed by atoms with van der Waals surface area (Å²) < 4.78 is 0. The fourth-order valence-corrected chi connectivity index (χ4v) is 2.12. The fraction of sp³-hybridized carbons (Fsp3) is 1.00. The number of nitrogens with one attached hydrogen (secondary N) is 1. The van der Waals surface area contributed by atoms with Crippen LogP contribution in [0.5, 0.6) is 0 Å². The molecule has 0 aromatic carbocycles. The molecule has 3 atom stereocenters. The van der Waals surface area contributed by atoms with Crippen molar-refractivity contribution in [1.82, 2.24) is 10.2 Å². The Labute approximate surface area is 81.1 Å². The number of piperidine rings is 1. The SMILES string of the molecule is CC1NCC(CN(C)C)CC1CO. The number of rotatable bonds is 3. The van der Waals surface area contributed by atoms with Gasteiger partial charge in [0.25, 0.3) is 0 Å². The third-order valence-corrected chi connectivity index (χ3v) is 2.93. The summed E-state index contributed by atoms with van der Waals surface area (Å²) in [6, 6.07) is 0.475. The summed E-state index contributed by atoms with van der Waals surface area (Å²) in [6.45, 7) is 4.69. The van der Waals surface area contributed by atoms with Crippen LogP contribution >= 0.6 is 0 Å². The normalized spacial score (nSPS) is 35.3. The summed E-state index contributed by atoms with van der Waals surface area (Å²) in [6.07, 6.45) is 1.16. The quantitative estimate of drug-likeness (QED) is 0.659. The van der Waals surface area contributed by atoms with Crippen LogP contribution in [0.3, 0.4) is 0 Å². The van der Waals surface area contributed by atoms with E-state index in [9.17, 15) is 0 Å². The molecule has 1 fully saturated rings. The average Bonchev–Trinajstić information content (AvgIpc) is 2.07. The molecule has 3 nitrogen and oxygen atoms in total. The molecule has 0 saturated carbocycles. The molecule has 1 rings (SSSR count). The Kier molecular flexibility index (Phi) is 4.16. The predicted octanol–water partition coefficient (Wildman–Crippen LogP) is 0.155. The molecule has 1 aliphatic rings. The Morgan fingerprint density at radius 2 is 2.15 bits per heavy atom. The van der Waals surface area contributed by atoms with Crippen molar-refractivity contribution < 1.29 is 5.11 Å². The van der Waals surface area contributed by atoms with E-state index < -0.39 is 0 Å². The first-order chi connectivity index (χ1) is 6.13. The molecular formula is C10H22N2O. The van der Waals surface area contributed by atoms with Gasteiger partial charge in [-0.1, -0.05) is 0 Å². The van der Waals surface area contributed by atoms with E-state index in [0.29, 0.717) is 24.5 Å². The molecule has 3 unspecified atom stereocenters. The summed E-state index contributed by atoms with van der Waals surface area (Å²) in [4.78, 5) is 2.22. The predicted molar refractivity (Wildman–Crippen MR) is 54.7 cm³/mol. The molecule has 2 N–H and O–H groups in total. The third kappa shape index (κ3) is 3.25. The zero-order valence-corrected chi connectivity index (χ0v) is 8.95. The van der Waals surface area contributed by atoms with Crippen molar-refractivity contribution in [2.45, 2.75) is 19.4 Å². The van der Waals surface area contributed by atoms with Crippen LogP contribution in [0.4, 0.5) is 0 Å². The Bertz CT molecular complexity index is 150. The maximum atomic E-state index is 9.16. The highest BCUT2D eigenvalue weighted by molar-refractivity contribution is 4.83. The average molecular weight is 186 g/mol. The van der Waals surface area contributed by atoms with Crippen LogP contribution < -0.4 is 5.32 Å². The van der Waals surface area contributed by atoms with Gasteiger partial charge in [0.15, 0.2) is 0 Å². The van der Waals surface area contributed by atoms with Crippen LogP contribution in [0.1, 0.15) is 13.3 Å². The molecule has 78 valence electrons. The van der Waals surface area contributed by atoms with E-state index >= 15 is 0 Å². The summed E-state index contributed by atoms with van der Waals surface area (Å²) >= 11 is 0. The molecular weight excluding hydrogens is 164 g/mol. The summed E-state index contributed by atoms with van der Waals surface area (Å²) in [5, 5.41) is 12.6. The van der Waals surface area contributed by atoms with E-state index in [2.05, 4.69) is 31.2 Å². The minimum atomic E-state index is 0.318. The van der Waals surface area contributed by atoms with Crippen molar-refractivity contribution in [2.75, 3.05) is 33.8 Å². The Hall–Kier alpha value is -0.120. The number of aliphatic hydroxyl groups excluding tert-OH is 1. The standard InChI is InChI=1S/C10H22N2O/c1-8-10(7-13)4-9(5-11-8)6-12(2)3/h8-11,13H,4-7H2,1-3H3. The van der Waals surface area contributed by atoms with Crippen molar-refractivity contribution in [2.24, 2.45) is 11.8 Å². The summed E-state index contributed by atoms with van der Waals surface area (Å²) in [7, 11) is 4.21. The highest BCUT2D eigenvalue weighted by Crippen LogP contribution is 2.20. The number of nitrogens with zero attached hydrogens (tertiary/aromatic N) is 1. The lowest BCUT2D eigenvalue weighted by Gasteiger charge is -2.35. The molecule has 13 heavy (non-hydrogen) atoms. The first-order valence-electron chi connectivity index (χ1n) is 5.12. The van der Waals surface area contributed by atoms with Gasteiger partial charge in [0.1, 0.15) is 0 Å². The maximum absolute atomic E-state index is 9.16. The zero-order chi connectivity index (χ0) is 9.84. The number of hydrogen-bond donors (Lipinski definition) is 2. The minimum absolute atomic E-state index is 0.318. The van der Waals surface area contributed by atoms with Crippen LogP contribution in [0.15, 0.2) is 0 Å². The molecule has 0 aliphatic carbocycles. The van der Waals surface area contributed by atoms with Crippen LogP contribution in [-0.2, 0) is 0 Å². The summed E-state index contributed by atoms with van der Waals surface area (Å²) in [5.41, 5.74) is 0. The van der Waals surface area contributed by atoms with Crippen LogP contribution in [0.25, 0.3) is 0 Å². The van der Waals surface area contributed by atoms with E-state index in [1.165, 1.54) is 0 Å². The van der Waals surface area contributed by atoms with Gasteiger partial charge in [-0.05, 0) is 45.8 Å². The monoisotopic (exact) mass is 186 g/mol. The second-order valence-corrected chi connectivity index (χ2v) is 4.50. The molecule has 1 aliphatic heterocycles. The lowest BCUT2D eigenvalue weighted by molar-refractivity contribution is 0.126. The minimum Gasteiger partial charge on any atom is -0.396 e. The van der Waals surface area contributed by atoms with Gasteiger partial charge in [-0.25, -0.2) is 0 Å². The van der Waals surface area contributed by atoms with Crippen LogP contribution in [-0.4, -0.2) is 49.8 Å². The van der Waals surface area contributed by atoms with E-state index in [4.69, 9.17) is 5.11 Å². The fourth-order valence-electron chi connectivity index (χ4n) is 2.12. The van der Waals surface area contributed by atoms with Crippen molar-refractivity contribution >= 4 is 0 Å². The topological polar surface area (TPSA) is 35.5 Å². The van der Waals surface area contributed by atoms with Crippen molar-refractivity contribution in [1.29, 1.82) is 0 Å². The van der Waals surface area contributed by atoms with Crippen LogP contribution in [0.2, 0.25) is 0 Å². The van der Waals surface area contributed by atoms with Crippen LogP contribution in [0, 0.1) is 11.8 Å². The molecule has 0 amide bonds. The van der Waals surface area contributed by atoms with Crippen molar-refractivity contribution in [3.05, 3.63) is 0 Å². The molecule has 0 spiro atoms. The second kappa shape index (κ2) is 4.94. The largest absolute Gasteiger partial charge is 0.396 e. The van der Waals surface area contributed by atoms with Gasteiger partial charge in [0.2, 0.25) is 0 Å². The number of aliphatic hydroxyl groups is 1. The van der Waals surface area contributed by atoms with Gasteiger partial charge < -0.3 is 15.3 Å².